The lowest BCUT2D eigenvalue weighted by Crippen LogP contribution is -2.47. The Kier molecular flexibility index (Phi) is 6.34. The van der Waals surface area contributed by atoms with Gasteiger partial charge in [-0.25, -0.2) is 18.9 Å². The fourth-order valence-corrected chi connectivity index (χ4v) is 2.38. The number of rotatable bonds is 6. The van der Waals surface area contributed by atoms with E-state index in [4.69, 9.17) is 18.9 Å². The Balaban J connectivity index is 2.17. The molecule has 0 aliphatic rings. The van der Waals surface area contributed by atoms with Crippen LogP contribution in [-0.4, -0.2) is 53.6 Å². The van der Waals surface area contributed by atoms with Gasteiger partial charge in [-0.1, -0.05) is 0 Å². The predicted molar refractivity (Wildman–Crippen MR) is 90.1 cm³/mol. The smallest absolute Gasteiger partial charge is 0.467 e. The molecule has 2 rings (SSSR count). The Morgan fingerprint density at radius 2 is 1.93 bits per heavy atom. The molecule has 11 nitrogen and oxygen atoms in total. The van der Waals surface area contributed by atoms with Crippen molar-refractivity contribution in [2.24, 2.45) is 0 Å². The summed E-state index contributed by atoms with van der Waals surface area (Å²) >= 11 is 0. The number of likely N-dealkylation sites (N-methyl/N-ethyl adjacent to an activating group) is 1. The zero-order chi connectivity index (χ0) is 20.2. The lowest BCUT2D eigenvalue weighted by molar-refractivity contribution is -0.146. The van der Waals surface area contributed by atoms with Crippen LogP contribution in [0.1, 0.15) is 0 Å². The highest BCUT2D eigenvalue weighted by Gasteiger charge is 2.32. The molecule has 0 unspecified atom stereocenters. The van der Waals surface area contributed by atoms with Gasteiger partial charge in [0.1, 0.15) is 11.3 Å². The molecule has 2 N–H and O–H groups in total. The second-order valence-corrected chi connectivity index (χ2v) is 6.50. The minimum atomic E-state index is -4.87. The summed E-state index contributed by atoms with van der Waals surface area (Å²) in [5.41, 5.74) is -0.395. The number of carbonyl (C=O) groups is 2. The minimum absolute atomic E-state index is 0.0215. The monoisotopic (exact) mass is 401 g/mol. The van der Waals surface area contributed by atoms with Gasteiger partial charge in [-0.3, -0.25) is 9.42 Å². The van der Waals surface area contributed by atoms with Crippen molar-refractivity contribution in [1.82, 2.24) is 4.90 Å². The van der Waals surface area contributed by atoms with E-state index in [0.717, 1.165) is 19.1 Å². The molecule has 12 heteroatoms. The number of methoxy groups -OCH3 is 1. The zero-order valence-electron chi connectivity index (χ0n) is 14.2. The fourth-order valence-electron chi connectivity index (χ4n) is 2.05. The Morgan fingerprint density at radius 1 is 1.26 bits per heavy atom. The van der Waals surface area contributed by atoms with Crippen LogP contribution >= 0.6 is 7.82 Å². The van der Waals surface area contributed by atoms with Crippen molar-refractivity contribution >= 4 is 30.9 Å². The van der Waals surface area contributed by atoms with Gasteiger partial charge in [-0.2, -0.15) is 0 Å². The summed E-state index contributed by atoms with van der Waals surface area (Å²) in [4.78, 5) is 53.6. The number of amides is 1. The highest BCUT2D eigenvalue weighted by atomic mass is 31.2. The molecule has 0 fully saturated rings. The van der Waals surface area contributed by atoms with Crippen molar-refractivity contribution in [2.45, 2.75) is 6.04 Å². The van der Waals surface area contributed by atoms with E-state index in [9.17, 15) is 18.9 Å². The van der Waals surface area contributed by atoms with E-state index in [1.165, 1.54) is 24.3 Å². The third kappa shape index (κ3) is 5.63. The minimum Gasteiger partial charge on any atom is -0.467 e. The first-order valence-electron chi connectivity index (χ1n) is 7.37. The van der Waals surface area contributed by atoms with Gasteiger partial charge in [0.15, 0.2) is 6.04 Å². The Morgan fingerprint density at radius 3 is 2.56 bits per heavy atom. The number of hydrogen-bond acceptors (Lipinski definition) is 8. The summed E-state index contributed by atoms with van der Waals surface area (Å²) in [6, 6.07) is 5.61. The van der Waals surface area contributed by atoms with Crippen LogP contribution in [0.15, 0.2) is 39.5 Å². The van der Waals surface area contributed by atoms with E-state index in [1.807, 2.05) is 0 Å². The van der Waals surface area contributed by atoms with E-state index in [-0.39, 0.29) is 11.3 Å². The van der Waals surface area contributed by atoms with E-state index >= 15 is 0 Å². The van der Waals surface area contributed by atoms with Crippen LogP contribution in [0.2, 0.25) is 0 Å². The fraction of sp³-hybridized carbons (Fsp3) is 0.267. The summed E-state index contributed by atoms with van der Waals surface area (Å²) in [5, 5.41) is 0.602. The van der Waals surface area contributed by atoms with Crippen molar-refractivity contribution in [2.75, 3.05) is 20.8 Å². The van der Waals surface area contributed by atoms with Gasteiger partial charge in [0.2, 0.25) is 0 Å². The SMILES string of the molecule is COC(=O)[C@H](COP(=O)(O)O)N(C)C(=O)Oc1ccc2ccc(=O)oc2c1. The van der Waals surface area contributed by atoms with Crippen LogP contribution in [0.5, 0.6) is 5.75 Å². The van der Waals surface area contributed by atoms with Gasteiger partial charge in [0, 0.05) is 24.6 Å². The van der Waals surface area contributed by atoms with Crippen molar-refractivity contribution in [3.8, 4) is 5.75 Å². The third-order valence-corrected chi connectivity index (χ3v) is 3.91. The summed E-state index contributed by atoms with van der Waals surface area (Å²) < 4.78 is 29.7. The molecule has 0 spiro atoms. The van der Waals surface area contributed by atoms with Gasteiger partial charge in [-0.05, 0) is 18.2 Å². The first-order chi connectivity index (χ1) is 12.6. The third-order valence-electron chi connectivity index (χ3n) is 3.43. The number of hydrogen-bond donors (Lipinski definition) is 2. The summed E-state index contributed by atoms with van der Waals surface area (Å²) in [5.74, 6) is -0.944. The molecule has 1 aromatic carbocycles. The van der Waals surface area contributed by atoms with Gasteiger partial charge in [-0.15, -0.1) is 0 Å². The second-order valence-electron chi connectivity index (χ2n) is 5.26. The number of phosphoric ester groups is 1. The molecule has 0 aliphatic carbocycles. The molecule has 1 aromatic heterocycles. The van der Waals surface area contributed by atoms with E-state index in [1.54, 1.807) is 6.07 Å². The molecule has 1 amide bonds. The van der Waals surface area contributed by atoms with E-state index in [0.29, 0.717) is 5.39 Å². The van der Waals surface area contributed by atoms with Crippen molar-refractivity contribution < 1.29 is 42.4 Å². The normalized spacial score (nSPS) is 12.4. The zero-order valence-corrected chi connectivity index (χ0v) is 15.1. The van der Waals surface area contributed by atoms with Crippen LogP contribution in [0, 0.1) is 0 Å². The van der Waals surface area contributed by atoms with Crippen LogP contribution < -0.4 is 10.4 Å². The van der Waals surface area contributed by atoms with Gasteiger partial charge in [0.25, 0.3) is 0 Å². The number of nitrogens with zero attached hydrogens (tertiary/aromatic N) is 1. The maximum Gasteiger partial charge on any atom is 0.469 e. The molecular weight excluding hydrogens is 385 g/mol. The molecule has 0 saturated heterocycles. The number of esters is 1. The number of carbonyl (C=O) groups excluding carboxylic acids is 2. The highest BCUT2D eigenvalue weighted by Crippen LogP contribution is 2.36. The van der Waals surface area contributed by atoms with E-state index in [2.05, 4.69) is 9.26 Å². The van der Waals surface area contributed by atoms with Crippen LogP contribution in [0.4, 0.5) is 4.79 Å². The quantitative estimate of drug-likeness (QED) is 0.405. The summed E-state index contributed by atoms with van der Waals surface area (Å²) in [6.07, 6.45) is -1.03. The Labute approximate surface area is 152 Å². The van der Waals surface area contributed by atoms with Gasteiger partial charge in [0.05, 0.1) is 13.7 Å². The maximum atomic E-state index is 12.3. The first kappa shape index (κ1) is 20.6. The highest BCUT2D eigenvalue weighted by molar-refractivity contribution is 7.46. The topological polar surface area (TPSA) is 153 Å². The van der Waals surface area contributed by atoms with Crippen molar-refractivity contribution in [3.63, 3.8) is 0 Å². The maximum absolute atomic E-state index is 12.3. The number of fused-ring (bicyclic) bond motifs is 1. The molecule has 0 radical (unpaired) electrons. The first-order valence-corrected chi connectivity index (χ1v) is 8.90. The second kappa shape index (κ2) is 8.31. The van der Waals surface area contributed by atoms with Gasteiger partial charge >= 0.3 is 25.5 Å². The lowest BCUT2D eigenvalue weighted by atomic mass is 10.2. The average Bonchev–Trinajstić information content (AvgIpc) is 2.60. The van der Waals surface area contributed by atoms with Crippen molar-refractivity contribution in [3.05, 3.63) is 40.8 Å². The lowest BCUT2D eigenvalue weighted by Gasteiger charge is -2.25. The summed E-state index contributed by atoms with van der Waals surface area (Å²) in [7, 11) is -2.67. The van der Waals surface area contributed by atoms with Crippen LogP contribution in [0.25, 0.3) is 11.0 Å². The Bertz CT molecular complexity index is 949. The molecule has 0 bridgehead atoms. The van der Waals surface area contributed by atoms with Crippen LogP contribution in [0.3, 0.4) is 0 Å². The molecule has 1 atom stereocenters. The molecule has 0 aliphatic heterocycles. The summed E-state index contributed by atoms with van der Waals surface area (Å²) in [6.45, 7) is -0.810. The predicted octanol–water partition coefficient (Wildman–Crippen LogP) is 0.874. The standard InChI is InChI=1S/C15H16NO10P/c1-16(11(14(18)23-2)8-24-27(20,21)22)15(19)25-10-5-3-9-4-6-13(17)26-12(9)7-10/h3-7,11H,8H2,1-2H3,(H2,20,21,22)/t11-/m0/s1. The molecular formula is C15H16NO10P. The number of phosphoric acid groups is 1. The van der Waals surface area contributed by atoms with Crippen LogP contribution in [-0.2, 0) is 18.6 Å². The molecule has 146 valence electrons. The molecule has 0 saturated carbocycles. The van der Waals surface area contributed by atoms with Gasteiger partial charge < -0.3 is 23.7 Å². The molecule has 27 heavy (non-hydrogen) atoms. The van der Waals surface area contributed by atoms with E-state index < -0.39 is 38.2 Å². The Hall–Kier alpha value is -2.72. The number of ether oxygens (including phenoxy) is 2. The molecule has 1 heterocycles. The largest absolute Gasteiger partial charge is 0.469 e. The van der Waals surface area contributed by atoms with Crippen molar-refractivity contribution in [1.29, 1.82) is 0 Å². The molecule has 2 aromatic rings. The number of benzene rings is 1. The average molecular weight is 401 g/mol.